The third kappa shape index (κ3) is 4.29. The molecule has 2 heterocycles. The number of amides is 1. The summed E-state index contributed by atoms with van der Waals surface area (Å²) in [6, 6.07) is 8.27. The fraction of sp³-hybridized carbons (Fsp3) is 0.381. The van der Waals surface area contributed by atoms with Crippen LogP contribution in [0.5, 0.6) is 0 Å². The summed E-state index contributed by atoms with van der Waals surface area (Å²) in [6.45, 7) is 1.46. The van der Waals surface area contributed by atoms with Gasteiger partial charge in [0.05, 0.1) is 22.0 Å². The van der Waals surface area contributed by atoms with Crippen LogP contribution in [-0.4, -0.2) is 36.2 Å². The van der Waals surface area contributed by atoms with Gasteiger partial charge in [-0.05, 0) is 49.6 Å². The van der Waals surface area contributed by atoms with Gasteiger partial charge in [0.15, 0.2) is 0 Å². The normalized spacial score (nSPS) is 18.2. The molecule has 0 unspecified atom stereocenters. The van der Waals surface area contributed by atoms with Crippen LogP contribution in [0.1, 0.15) is 24.8 Å². The fourth-order valence-corrected chi connectivity index (χ4v) is 4.34. The molecule has 0 spiro atoms. The SMILES string of the molecule is O=C1CCc2c(NCC3(O)CCN(c4ccc(Cl)cc4F)CC3)ccc(Cl)c2N1. The highest BCUT2D eigenvalue weighted by molar-refractivity contribution is 6.34. The van der Waals surface area contributed by atoms with Crippen molar-refractivity contribution in [2.75, 3.05) is 35.2 Å². The number of hydrogen-bond donors (Lipinski definition) is 3. The lowest BCUT2D eigenvalue weighted by Gasteiger charge is -2.39. The van der Waals surface area contributed by atoms with Gasteiger partial charge in [-0.15, -0.1) is 0 Å². The molecule has 0 bridgehead atoms. The first-order chi connectivity index (χ1) is 13.8. The molecule has 0 aromatic heterocycles. The predicted octanol–water partition coefficient (Wildman–Crippen LogP) is 4.46. The van der Waals surface area contributed by atoms with Gasteiger partial charge in [-0.3, -0.25) is 4.79 Å². The monoisotopic (exact) mass is 437 g/mol. The van der Waals surface area contributed by atoms with Gasteiger partial charge in [0.25, 0.3) is 0 Å². The second-order valence-electron chi connectivity index (χ2n) is 7.66. The summed E-state index contributed by atoms with van der Waals surface area (Å²) in [7, 11) is 0. The van der Waals surface area contributed by atoms with Crippen molar-refractivity contribution >= 4 is 46.2 Å². The predicted molar refractivity (Wildman–Crippen MR) is 115 cm³/mol. The van der Waals surface area contributed by atoms with Gasteiger partial charge in [-0.1, -0.05) is 23.2 Å². The van der Waals surface area contributed by atoms with Gasteiger partial charge in [0, 0.05) is 42.3 Å². The van der Waals surface area contributed by atoms with E-state index in [9.17, 15) is 14.3 Å². The maximum Gasteiger partial charge on any atom is 0.224 e. The maximum atomic E-state index is 14.2. The Morgan fingerprint density at radius 2 is 1.93 bits per heavy atom. The Labute approximate surface area is 178 Å². The number of rotatable bonds is 4. The van der Waals surface area contributed by atoms with Gasteiger partial charge < -0.3 is 20.6 Å². The Bertz CT molecular complexity index is 946. The molecule has 5 nitrogen and oxygen atoms in total. The molecular weight excluding hydrogens is 416 g/mol. The highest BCUT2D eigenvalue weighted by Gasteiger charge is 2.33. The Kier molecular flexibility index (Phi) is 5.60. The van der Waals surface area contributed by atoms with Gasteiger partial charge in [-0.2, -0.15) is 0 Å². The van der Waals surface area contributed by atoms with Gasteiger partial charge in [-0.25, -0.2) is 4.39 Å². The van der Waals surface area contributed by atoms with Crippen LogP contribution in [0, 0.1) is 5.82 Å². The second-order valence-corrected chi connectivity index (χ2v) is 8.50. The molecule has 1 amide bonds. The van der Waals surface area contributed by atoms with Gasteiger partial charge in [0.2, 0.25) is 5.91 Å². The molecule has 2 aromatic carbocycles. The van der Waals surface area contributed by atoms with Crippen LogP contribution >= 0.6 is 23.2 Å². The van der Waals surface area contributed by atoms with E-state index in [2.05, 4.69) is 10.6 Å². The molecule has 0 radical (unpaired) electrons. The van der Waals surface area contributed by atoms with Gasteiger partial charge >= 0.3 is 0 Å². The first-order valence-electron chi connectivity index (χ1n) is 9.62. The second kappa shape index (κ2) is 8.01. The summed E-state index contributed by atoms with van der Waals surface area (Å²) in [5, 5.41) is 18.0. The van der Waals surface area contributed by atoms with Crippen molar-refractivity contribution in [2.45, 2.75) is 31.3 Å². The molecule has 1 fully saturated rings. The van der Waals surface area contributed by atoms with Crippen LogP contribution in [0.4, 0.5) is 21.5 Å². The first-order valence-corrected chi connectivity index (χ1v) is 10.4. The van der Waals surface area contributed by atoms with E-state index >= 15 is 0 Å². The summed E-state index contributed by atoms with van der Waals surface area (Å²) in [5.74, 6) is -0.395. The number of aliphatic hydroxyl groups is 1. The largest absolute Gasteiger partial charge is 0.388 e. The minimum atomic E-state index is -0.899. The molecule has 3 N–H and O–H groups in total. The van der Waals surface area contributed by atoms with Crippen LogP contribution < -0.4 is 15.5 Å². The van der Waals surface area contributed by atoms with Crippen molar-refractivity contribution in [3.63, 3.8) is 0 Å². The number of carbonyl (C=O) groups excluding carboxylic acids is 1. The zero-order valence-electron chi connectivity index (χ0n) is 15.8. The van der Waals surface area contributed by atoms with Crippen molar-refractivity contribution in [3.05, 3.63) is 51.8 Å². The molecule has 29 heavy (non-hydrogen) atoms. The lowest BCUT2D eigenvalue weighted by atomic mass is 9.90. The van der Waals surface area contributed by atoms with E-state index in [1.54, 1.807) is 18.2 Å². The Morgan fingerprint density at radius 3 is 2.66 bits per heavy atom. The van der Waals surface area contributed by atoms with Crippen LogP contribution in [-0.2, 0) is 11.2 Å². The number of piperidine rings is 1. The van der Waals surface area contributed by atoms with E-state index in [1.165, 1.54) is 6.07 Å². The lowest BCUT2D eigenvalue weighted by molar-refractivity contribution is -0.116. The van der Waals surface area contributed by atoms with Gasteiger partial charge in [0.1, 0.15) is 5.82 Å². The zero-order chi connectivity index (χ0) is 20.6. The van der Waals surface area contributed by atoms with Crippen LogP contribution in [0.3, 0.4) is 0 Å². The first kappa shape index (κ1) is 20.3. The molecule has 0 saturated carbocycles. The number of nitrogens with one attached hydrogen (secondary N) is 2. The molecule has 1 saturated heterocycles. The van der Waals surface area contributed by atoms with Crippen LogP contribution in [0.2, 0.25) is 10.0 Å². The average molecular weight is 438 g/mol. The number of fused-ring (bicyclic) bond motifs is 1. The van der Waals surface area contributed by atoms with E-state index in [0.29, 0.717) is 66.7 Å². The van der Waals surface area contributed by atoms with E-state index in [1.807, 2.05) is 11.0 Å². The molecule has 2 aliphatic rings. The van der Waals surface area contributed by atoms with E-state index < -0.39 is 5.60 Å². The Balaban J connectivity index is 1.41. The van der Waals surface area contributed by atoms with Crippen molar-refractivity contribution < 1.29 is 14.3 Å². The molecule has 154 valence electrons. The van der Waals surface area contributed by atoms with E-state index in [-0.39, 0.29) is 11.7 Å². The summed E-state index contributed by atoms with van der Waals surface area (Å²) in [4.78, 5) is 13.6. The number of nitrogens with zero attached hydrogens (tertiary/aromatic N) is 1. The van der Waals surface area contributed by atoms with Crippen molar-refractivity contribution in [2.24, 2.45) is 0 Å². The topological polar surface area (TPSA) is 64.6 Å². The lowest BCUT2D eigenvalue weighted by Crippen LogP contribution is -2.48. The third-order valence-corrected chi connectivity index (χ3v) is 6.23. The van der Waals surface area contributed by atoms with E-state index in [4.69, 9.17) is 23.2 Å². The smallest absolute Gasteiger partial charge is 0.224 e. The van der Waals surface area contributed by atoms with Crippen molar-refractivity contribution in [1.82, 2.24) is 0 Å². The highest BCUT2D eigenvalue weighted by atomic mass is 35.5. The molecular formula is C21H22Cl2FN3O2. The summed E-state index contributed by atoms with van der Waals surface area (Å²) in [6.07, 6.45) is 2.03. The summed E-state index contributed by atoms with van der Waals surface area (Å²) in [5.41, 5.74) is 2.08. The zero-order valence-corrected chi connectivity index (χ0v) is 17.3. The Morgan fingerprint density at radius 1 is 1.17 bits per heavy atom. The Hall–Kier alpha value is -2.02. The number of benzene rings is 2. The fourth-order valence-electron chi connectivity index (χ4n) is 3.96. The molecule has 4 rings (SSSR count). The number of carbonyl (C=O) groups is 1. The molecule has 0 aliphatic carbocycles. The standard InChI is InChI=1S/C21H22Cl2FN3O2/c22-13-1-5-18(16(24)11-13)27-9-7-21(29,8-10-27)12-25-17-4-3-15(23)20-14(17)2-6-19(28)26-20/h1,3-5,11,25,29H,2,6-10,12H2,(H,26,28). The van der Waals surface area contributed by atoms with Crippen molar-refractivity contribution in [3.8, 4) is 0 Å². The van der Waals surface area contributed by atoms with Crippen molar-refractivity contribution in [1.29, 1.82) is 0 Å². The summed E-state index contributed by atoms with van der Waals surface area (Å²) >= 11 is 12.0. The molecule has 2 aromatic rings. The molecule has 8 heteroatoms. The quantitative estimate of drug-likeness (QED) is 0.660. The highest BCUT2D eigenvalue weighted by Crippen LogP contribution is 2.36. The average Bonchev–Trinajstić information content (AvgIpc) is 2.69. The minimum absolute atomic E-state index is 0.0445. The maximum absolute atomic E-state index is 14.2. The number of hydrogen-bond acceptors (Lipinski definition) is 4. The van der Waals surface area contributed by atoms with Crippen LogP contribution in [0.15, 0.2) is 30.3 Å². The third-order valence-electron chi connectivity index (χ3n) is 5.68. The minimum Gasteiger partial charge on any atom is -0.388 e. The number of halogens is 3. The van der Waals surface area contributed by atoms with E-state index in [0.717, 1.165) is 11.3 Å². The van der Waals surface area contributed by atoms with Crippen LogP contribution in [0.25, 0.3) is 0 Å². The summed E-state index contributed by atoms with van der Waals surface area (Å²) < 4.78 is 14.2. The molecule has 0 atom stereocenters. The number of anilines is 3. The molecule has 2 aliphatic heterocycles.